The Morgan fingerprint density at radius 1 is 1.20 bits per heavy atom. The molecule has 0 aliphatic carbocycles. The second kappa shape index (κ2) is 8.63. The number of thiophene rings is 1. The summed E-state index contributed by atoms with van der Waals surface area (Å²) < 4.78 is 0. The molecule has 1 aliphatic rings. The Kier molecular flexibility index (Phi) is 6.27. The van der Waals surface area contributed by atoms with E-state index in [0.717, 1.165) is 44.5 Å². The van der Waals surface area contributed by atoms with Crippen molar-refractivity contribution in [1.29, 1.82) is 0 Å². The number of hydrogen-bond donors (Lipinski definition) is 1. The lowest BCUT2D eigenvalue weighted by Gasteiger charge is -2.34. The van der Waals surface area contributed by atoms with Crippen LogP contribution in [0.15, 0.2) is 42.5 Å². The van der Waals surface area contributed by atoms with Crippen LogP contribution in [0.4, 0.5) is 0 Å². The molecule has 3 rings (SSSR count). The number of nitrogens with one attached hydrogen (secondary N) is 1. The zero-order valence-corrected chi connectivity index (χ0v) is 16.0. The van der Waals surface area contributed by atoms with Gasteiger partial charge in [-0.1, -0.05) is 37.3 Å². The standard InChI is InChI=1S/C21H28N2OS/c1-3-20(17-7-5-4-6-8-17)21(24)23-13-11-18(12-14-23)22-15-19-10-9-16(2)25-19/h4-10,18,20,22H,3,11-15H2,1-2H3. The molecule has 1 unspecified atom stereocenters. The van der Waals surface area contributed by atoms with E-state index in [4.69, 9.17) is 0 Å². The Bertz CT molecular complexity index is 674. The first kappa shape index (κ1) is 18.2. The zero-order valence-electron chi connectivity index (χ0n) is 15.2. The molecule has 0 bridgehead atoms. The number of benzene rings is 1. The zero-order chi connectivity index (χ0) is 17.6. The molecule has 1 aliphatic heterocycles. The van der Waals surface area contributed by atoms with Gasteiger partial charge in [0.1, 0.15) is 0 Å². The topological polar surface area (TPSA) is 32.3 Å². The van der Waals surface area contributed by atoms with Crippen molar-refractivity contribution in [3.63, 3.8) is 0 Å². The number of hydrogen-bond acceptors (Lipinski definition) is 3. The van der Waals surface area contributed by atoms with Crippen LogP contribution < -0.4 is 5.32 Å². The Morgan fingerprint density at radius 2 is 1.92 bits per heavy atom. The summed E-state index contributed by atoms with van der Waals surface area (Å²) in [6.45, 7) is 6.92. The largest absolute Gasteiger partial charge is 0.342 e. The van der Waals surface area contributed by atoms with Crippen LogP contribution in [0, 0.1) is 6.92 Å². The van der Waals surface area contributed by atoms with Gasteiger partial charge in [-0.25, -0.2) is 0 Å². The molecule has 1 aromatic carbocycles. The van der Waals surface area contributed by atoms with E-state index in [1.165, 1.54) is 9.75 Å². The van der Waals surface area contributed by atoms with Crippen molar-refractivity contribution in [2.75, 3.05) is 13.1 Å². The van der Waals surface area contributed by atoms with Gasteiger partial charge in [0.2, 0.25) is 5.91 Å². The molecule has 1 atom stereocenters. The van der Waals surface area contributed by atoms with Crippen molar-refractivity contribution in [1.82, 2.24) is 10.2 Å². The summed E-state index contributed by atoms with van der Waals surface area (Å²) in [5, 5.41) is 3.66. The Labute approximate surface area is 155 Å². The number of amides is 1. The number of carbonyl (C=O) groups is 1. The minimum Gasteiger partial charge on any atom is -0.342 e. The fraction of sp³-hybridized carbons (Fsp3) is 0.476. The molecule has 3 nitrogen and oxygen atoms in total. The van der Waals surface area contributed by atoms with Crippen molar-refractivity contribution in [3.8, 4) is 0 Å². The summed E-state index contributed by atoms with van der Waals surface area (Å²) in [7, 11) is 0. The third-order valence-corrected chi connectivity index (χ3v) is 6.08. The van der Waals surface area contributed by atoms with Crippen LogP contribution in [0.2, 0.25) is 0 Å². The van der Waals surface area contributed by atoms with E-state index in [0.29, 0.717) is 11.9 Å². The van der Waals surface area contributed by atoms with Gasteiger partial charge in [-0.15, -0.1) is 11.3 Å². The number of carbonyl (C=O) groups excluding carboxylic acids is 1. The van der Waals surface area contributed by atoms with Gasteiger partial charge in [-0.3, -0.25) is 4.79 Å². The highest BCUT2D eigenvalue weighted by atomic mass is 32.1. The predicted octanol–water partition coefficient (Wildman–Crippen LogP) is 4.33. The first-order valence-corrected chi connectivity index (χ1v) is 10.1. The van der Waals surface area contributed by atoms with Crippen molar-refractivity contribution >= 4 is 17.2 Å². The maximum atomic E-state index is 12.9. The van der Waals surface area contributed by atoms with E-state index < -0.39 is 0 Å². The molecule has 0 spiro atoms. The minimum absolute atomic E-state index is 0.000182. The second-order valence-corrected chi connectivity index (χ2v) is 8.24. The second-order valence-electron chi connectivity index (χ2n) is 6.86. The van der Waals surface area contributed by atoms with Crippen molar-refractivity contribution in [2.24, 2.45) is 0 Å². The van der Waals surface area contributed by atoms with Gasteiger partial charge >= 0.3 is 0 Å². The van der Waals surface area contributed by atoms with Crippen LogP contribution >= 0.6 is 11.3 Å². The first-order valence-electron chi connectivity index (χ1n) is 9.29. The summed E-state index contributed by atoms with van der Waals surface area (Å²) in [5.74, 6) is 0.292. The van der Waals surface area contributed by atoms with Crippen LogP contribution in [0.3, 0.4) is 0 Å². The summed E-state index contributed by atoms with van der Waals surface area (Å²) >= 11 is 1.86. The van der Waals surface area contributed by atoms with Crippen molar-refractivity contribution in [2.45, 2.75) is 51.6 Å². The maximum Gasteiger partial charge on any atom is 0.230 e. The average molecular weight is 357 g/mol. The molecule has 25 heavy (non-hydrogen) atoms. The molecule has 134 valence electrons. The van der Waals surface area contributed by atoms with Crippen LogP contribution in [0.5, 0.6) is 0 Å². The lowest BCUT2D eigenvalue weighted by molar-refractivity contribution is -0.134. The summed E-state index contributed by atoms with van der Waals surface area (Å²) in [4.78, 5) is 17.7. The van der Waals surface area contributed by atoms with Gasteiger partial charge in [-0.2, -0.15) is 0 Å². The quantitative estimate of drug-likeness (QED) is 0.835. The van der Waals surface area contributed by atoms with Gasteiger partial charge in [0.05, 0.1) is 5.92 Å². The molecule has 1 N–H and O–H groups in total. The minimum atomic E-state index is -0.000182. The van der Waals surface area contributed by atoms with E-state index in [2.05, 4.69) is 48.3 Å². The van der Waals surface area contributed by atoms with E-state index in [1.54, 1.807) is 0 Å². The number of aryl methyl sites for hydroxylation is 1. The third kappa shape index (κ3) is 4.71. The summed E-state index contributed by atoms with van der Waals surface area (Å²) in [6.07, 6.45) is 2.95. The predicted molar refractivity (Wildman–Crippen MR) is 105 cm³/mol. The van der Waals surface area contributed by atoms with Crippen LogP contribution in [-0.4, -0.2) is 29.9 Å². The lowest BCUT2D eigenvalue weighted by Crippen LogP contribution is -2.46. The highest BCUT2D eigenvalue weighted by Crippen LogP contribution is 2.24. The van der Waals surface area contributed by atoms with Gasteiger partial charge in [0.15, 0.2) is 0 Å². The van der Waals surface area contributed by atoms with Gasteiger partial charge in [0, 0.05) is 35.4 Å². The fourth-order valence-corrected chi connectivity index (χ4v) is 4.43. The van der Waals surface area contributed by atoms with E-state index in [-0.39, 0.29) is 5.92 Å². The van der Waals surface area contributed by atoms with E-state index >= 15 is 0 Å². The Hall–Kier alpha value is -1.65. The average Bonchev–Trinajstić information content (AvgIpc) is 3.07. The van der Waals surface area contributed by atoms with E-state index in [1.807, 2.05) is 29.5 Å². The van der Waals surface area contributed by atoms with Gasteiger partial charge in [-0.05, 0) is 43.9 Å². The number of likely N-dealkylation sites (tertiary alicyclic amines) is 1. The Morgan fingerprint density at radius 3 is 2.52 bits per heavy atom. The van der Waals surface area contributed by atoms with Crippen molar-refractivity contribution in [3.05, 3.63) is 57.8 Å². The third-order valence-electron chi connectivity index (χ3n) is 5.08. The molecular weight excluding hydrogens is 328 g/mol. The summed E-state index contributed by atoms with van der Waals surface area (Å²) in [5.41, 5.74) is 1.14. The van der Waals surface area contributed by atoms with Crippen LogP contribution in [0.1, 0.15) is 47.4 Å². The molecule has 2 aromatic rings. The van der Waals surface area contributed by atoms with Gasteiger partial charge in [0.25, 0.3) is 0 Å². The molecule has 1 aromatic heterocycles. The molecule has 0 saturated carbocycles. The smallest absolute Gasteiger partial charge is 0.230 e. The highest BCUT2D eigenvalue weighted by Gasteiger charge is 2.28. The number of rotatable bonds is 6. The molecule has 4 heteroatoms. The van der Waals surface area contributed by atoms with Crippen molar-refractivity contribution < 1.29 is 4.79 Å². The van der Waals surface area contributed by atoms with E-state index in [9.17, 15) is 4.79 Å². The summed E-state index contributed by atoms with van der Waals surface area (Å²) in [6, 6.07) is 15.1. The Balaban J connectivity index is 1.50. The highest BCUT2D eigenvalue weighted by molar-refractivity contribution is 7.11. The SMILES string of the molecule is CCC(C(=O)N1CCC(NCc2ccc(C)s2)CC1)c1ccccc1. The van der Waals surface area contributed by atoms with Crippen LogP contribution in [-0.2, 0) is 11.3 Å². The molecular formula is C21H28N2OS. The maximum absolute atomic E-state index is 12.9. The lowest BCUT2D eigenvalue weighted by atomic mass is 9.93. The molecule has 0 radical (unpaired) electrons. The molecule has 1 fully saturated rings. The molecule has 1 amide bonds. The van der Waals surface area contributed by atoms with Crippen LogP contribution in [0.25, 0.3) is 0 Å². The number of piperidine rings is 1. The first-order chi connectivity index (χ1) is 12.2. The van der Waals surface area contributed by atoms with Gasteiger partial charge < -0.3 is 10.2 Å². The number of nitrogens with zero attached hydrogens (tertiary/aromatic N) is 1. The molecule has 2 heterocycles. The normalized spacial score (nSPS) is 16.8. The fourth-order valence-electron chi connectivity index (χ4n) is 3.59. The monoisotopic (exact) mass is 356 g/mol. The molecule has 1 saturated heterocycles.